The van der Waals surface area contributed by atoms with Crippen LogP contribution in [0.15, 0.2) is 18.2 Å². The molecule has 0 heterocycles. The summed E-state index contributed by atoms with van der Waals surface area (Å²) >= 11 is 0. The van der Waals surface area contributed by atoms with Crippen LogP contribution in [0.4, 0.5) is 11.4 Å². The van der Waals surface area contributed by atoms with Crippen LogP contribution >= 0.6 is 0 Å². The van der Waals surface area contributed by atoms with Gasteiger partial charge in [-0.15, -0.1) is 0 Å². The molecule has 0 bridgehead atoms. The van der Waals surface area contributed by atoms with Crippen LogP contribution in [-0.2, 0) is 0 Å². The molecular formula is C9H12N2O4. The van der Waals surface area contributed by atoms with Crippen LogP contribution in [0.1, 0.15) is 0 Å². The number of nitrogens with one attached hydrogen (secondary N) is 1. The Morgan fingerprint density at radius 2 is 2.33 bits per heavy atom. The smallest absolute Gasteiger partial charge is 0.273 e. The summed E-state index contributed by atoms with van der Waals surface area (Å²) in [5.74, 6) is 0.387. The van der Waals surface area contributed by atoms with Crippen molar-refractivity contribution >= 4 is 11.4 Å². The Bertz CT molecular complexity index is 354. The van der Waals surface area contributed by atoms with Crippen molar-refractivity contribution in [2.75, 3.05) is 25.6 Å². The zero-order chi connectivity index (χ0) is 11.3. The van der Waals surface area contributed by atoms with E-state index in [0.29, 0.717) is 18.0 Å². The molecule has 0 aliphatic carbocycles. The average molecular weight is 212 g/mol. The lowest BCUT2D eigenvalue weighted by Crippen LogP contribution is -2.06. The molecule has 82 valence electrons. The number of ether oxygens (including phenoxy) is 1. The number of anilines is 1. The first-order valence-electron chi connectivity index (χ1n) is 4.36. The van der Waals surface area contributed by atoms with Gasteiger partial charge in [0.15, 0.2) is 0 Å². The molecule has 0 amide bonds. The molecule has 0 fully saturated rings. The van der Waals surface area contributed by atoms with Crippen LogP contribution in [0, 0.1) is 10.1 Å². The molecule has 0 aliphatic rings. The quantitative estimate of drug-likeness (QED) is 0.562. The Morgan fingerprint density at radius 3 is 2.87 bits per heavy atom. The van der Waals surface area contributed by atoms with E-state index in [1.54, 1.807) is 6.07 Å². The molecule has 0 atom stereocenters. The fourth-order valence-electron chi connectivity index (χ4n) is 1.13. The molecule has 6 heteroatoms. The zero-order valence-electron chi connectivity index (χ0n) is 8.27. The van der Waals surface area contributed by atoms with E-state index < -0.39 is 4.92 Å². The summed E-state index contributed by atoms with van der Waals surface area (Å²) in [4.78, 5) is 10.00. The second-order valence-electron chi connectivity index (χ2n) is 2.79. The fourth-order valence-corrected chi connectivity index (χ4v) is 1.13. The molecule has 1 rings (SSSR count). The van der Waals surface area contributed by atoms with Crippen LogP contribution < -0.4 is 10.1 Å². The van der Waals surface area contributed by atoms with Crippen molar-refractivity contribution in [2.24, 2.45) is 0 Å². The molecule has 0 radical (unpaired) electrons. The summed E-state index contributed by atoms with van der Waals surface area (Å²) in [6.45, 7) is 0.355. The van der Waals surface area contributed by atoms with E-state index in [2.05, 4.69) is 5.32 Å². The van der Waals surface area contributed by atoms with Gasteiger partial charge < -0.3 is 15.2 Å². The van der Waals surface area contributed by atoms with E-state index in [-0.39, 0.29) is 12.3 Å². The van der Waals surface area contributed by atoms with E-state index in [1.807, 2.05) is 0 Å². The lowest BCUT2D eigenvalue weighted by atomic mass is 10.2. The van der Waals surface area contributed by atoms with Gasteiger partial charge in [-0.2, -0.15) is 0 Å². The van der Waals surface area contributed by atoms with Gasteiger partial charge in [-0.05, 0) is 6.07 Å². The maximum Gasteiger partial charge on any atom is 0.273 e. The number of benzene rings is 1. The Labute approximate surface area is 86.6 Å². The van der Waals surface area contributed by atoms with Gasteiger partial charge in [-0.1, -0.05) is 0 Å². The molecule has 6 nitrogen and oxygen atoms in total. The number of rotatable bonds is 5. The zero-order valence-corrected chi connectivity index (χ0v) is 8.27. The number of nitro groups is 1. The van der Waals surface area contributed by atoms with Gasteiger partial charge in [0.05, 0.1) is 30.4 Å². The number of methoxy groups -OCH3 is 1. The van der Waals surface area contributed by atoms with Crippen molar-refractivity contribution < 1.29 is 14.8 Å². The number of hydrogen-bond donors (Lipinski definition) is 2. The first-order chi connectivity index (χ1) is 7.19. The molecule has 1 aromatic carbocycles. The van der Waals surface area contributed by atoms with Gasteiger partial charge in [0, 0.05) is 12.6 Å². The highest BCUT2D eigenvalue weighted by Gasteiger charge is 2.10. The number of non-ortho nitro benzene ring substituents is 1. The average Bonchev–Trinajstić information content (AvgIpc) is 2.25. The van der Waals surface area contributed by atoms with Crippen LogP contribution in [0.5, 0.6) is 5.75 Å². The van der Waals surface area contributed by atoms with Gasteiger partial charge in [0.25, 0.3) is 5.69 Å². The van der Waals surface area contributed by atoms with E-state index in [0.717, 1.165) is 0 Å². The maximum atomic E-state index is 10.5. The third-order valence-corrected chi connectivity index (χ3v) is 1.82. The lowest BCUT2D eigenvalue weighted by Gasteiger charge is -2.09. The van der Waals surface area contributed by atoms with Gasteiger partial charge in [0.1, 0.15) is 5.75 Å². The first-order valence-corrected chi connectivity index (χ1v) is 4.36. The van der Waals surface area contributed by atoms with E-state index >= 15 is 0 Å². The number of aliphatic hydroxyl groups excluding tert-OH is 1. The summed E-state index contributed by atoms with van der Waals surface area (Å²) in [7, 11) is 1.43. The van der Waals surface area contributed by atoms with Gasteiger partial charge >= 0.3 is 0 Å². The third-order valence-electron chi connectivity index (χ3n) is 1.82. The van der Waals surface area contributed by atoms with Crippen molar-refractivity contribution in [2.45, 2.75) is 0 Å². The normalized spacial score (nSPS) is 9.73. The van der Waals surface area contributed by atoms with Crippen molar-refractivity contribution in [1.82, 2.24) is 0 Å². The van der Waals surface area contributed by atoms with E-state index in [4.69, 9.17) is 9.84 Å². The van der Waals surface area contributed by atoms with Crippen molar-refractivity contribution in [3.63, 3.8) is 0 Å². The number of aliphatic hydroxyl groups is 1. The predicted molar refractivity (Wildman–Crippen MR) is 55.2 cm³/mol. The fraction of sp³-hybridized carbons (Fsp3) is 0.333. The molecule has 2 N–H and O–H groups in total. The number of nitro benzene ring substituents is 1. The summed E-state index contributed by atoms with van der Waals surface area (Å²) in [5.41, 5.74) is 0.596. The molecule has 15 heavy (non-hydrogen) atoms. The summed E-state index contributed by atoms with van der Waals surface area (Å²) in [5, 5.41) is 22.0. The summed E-state index contributed by atoms with van der Waals surface area (Å²) in [6, 6.07) is 4.26. The minimum Gasteiger partial charge on any atom is -0.494 e. The first kappa shape index (κ1) is 11.3. The van der Waals surface area contributed by atoms with Crippen molar-refractivity contribution in [3.05, 3.63) is 28.3 Å². The monoisotopic (exact) mass is 212 g/mol. The molecular weight excluding hydrogens is 200 g/mol. The predicted octanol–water partition coefficient (Wildman–Crippen LogP) is 1.01. The molecule has 0 saturated heterocycles. The van der Waals surface area contributed by atoms with Crippen molar-refractivity contribution in [3.8, 4) is 5.75 Å². The number of hydrogen-bond acceptors (Lipinski definition) is 5. The SMILES string of the molecule is COc1cc([N+](=O)[O-])ccc1NCCO. The molecule has 0 unspecified atom stereocenters. The topological polar surface area (TPSA) is 84.6 Å². The van der Waals surface area contributed by atoms with Crippen LogP contribution in [-0.4, -0.2) is 30.3 Å². The van der Waals surface area contributed by atoms with Gasteiger partial charge in [-0.3, -0.25) is 10.1 Å². The highest BCUT2D eigenvalue weighted by atomic mass is 16.6. The summed E-state index contributed by atoms with van der Waals surface area (Å²) in [6.07, 6.45) is 0. The largest absolute Gasteiger partial charge is 0.494 e. The third kappa shape index (κ3) is 2.81. The Kier molecular flexibility index (Phi) is 3.87. The van der Waals surface area contributed by atoms with Crippen LogP contribution in [0.3, 0.4) is 0 Å². The highest BCUT2D eigenvalue weighted by Crippen LogP contribution is 2.28. The van der Waals surface area contributed by atoms with Gasteiger partial charge in [0.2, 0.25) is 0 Å². The summed E-state index contributed by atoms with van der Waals surface area (Å²) < 4.78 is 4.98. The van der Waals surface area contributed by atoms with Crippen molar-refractivity contribution in [1.29, 1.82) is 0 Å². The maximum absolute atomic E-state index is 10.5. The number of nitrogens with zero attached hydrogens (tertiary/aromatic N) is 1. The van der Waals surface area contributed by atoms with E-state index in [1.165, 1.54) is 19.2 Å². The molecule has 0 aromatic heterocycles. The van der Waals surface area contributed by atoms with Gasteiger partial charge in [-0.25, -0.2) is 0 Å². The molecule has 0 spiro atoms. The minimum absolute atomic E-state index is 0.0137. The molecule has 0 saturated carbocycles. The Morgan fingerprint density at radius 1 is 1.60 bits per heavy atom. The van der Waals surface area contributed by atoms with E-state index in [9.17, 15) is 10.1 Å². The second-order valence-corrected chi connectivity index (χ2v) is 2.79. The lowest BCUT2D eigenvalue weighted by molar-refractivity contribution is -0.384. The molecule has 0 aliphatic heterocycles. The molecule has 1 aromatic rings. The second kappa shape index (κ2) is 5.16. The Balaban J connectivity index is 2.93. The highest BCUT2D eigenvalue weighted by molar-refractivity contribution is 5.60. The van der Waals surface area contributed by atoms with Crippen LogP contribution in [0.25, 0.3) is 0 Å². The van der Waals surface area contributed by atoms with Crippen LogP contribution in [0.2, 0.25) is 0 Å². The minimum atomic E-state index is -0.488. The Hall–Kier alpha value is -1.82. The standard InChI is InChI=1S/C9H12N2O4/c1-15-9-6-7(11(13)14)2-3-8(9)10-4-5-12/h2-3,6,10,12H,4-5H2,1H3.